The number of aromatic amines is 1. The number of carbonyl (C=O) groups excluding carboxylic acids is 1. The lowest BCUT2D eigenvalue weighted by Crippen LogP contribution is -2.34. The van der Waals surface area contributed by atoms with Crippen LogP contribution in [0, 0.1) is 22.0 Å². The molecule has 1 aliphatic heterocycles. The van der Waals surface area contributed by atoms with Crippen LogP contribution >= 0.6 is 0 Å². The summed E-state index contributed by atoms with van der Waals surface area (Å²) in [5, 5.41) is 11.4. The van der Waals surface area contributed by atoms with Crippen molar-refractivity contribution in [3.63, 3.8) is 0 Å². The molecule has 2 fully saturated rings. The average Bonchev–Trinajstić information content (AvgIpc) is 3.15. The van der Waals surface area contributed by atoms with Crippen molar-refractivity contribution in [2.24, 2.45) is 17.6 Å². The van der Waals surface area contributed by atoms with E-state index in [9.17, 15) is 19.7 Å². The summed E-state index contributed by atoms with van der Waals surface area (Å²) >= 11 is 0. The number of amides is 1. The molecular weight excluding hydrogens is 324 g/mol. The number of nitro groups is 1. The lowest BCUT2D eigenvalue weighted by Gasteiger charge is -2.19. The zero-order valence-electron chi connectivity index (χ0n) is 13.5. The summed E-state index contributed by atoms with van der Waals surface area (Å²) in [6, 6.07) is 5.44. The van der Waals surface area contributed by atoms with E-state index in [0.717, 1.165) is 12.8 Å². The minimum Gasteiger partial charge on any atom is -0.338 e. The standard InChI is InChI=1S/C17H18N4O4/c18-14-3-1-9-7-20(8-13(9)14)17(23)12-6-16(22)19-15-4-2-10(21(24)25)5-11(12)15/h2,4-6,9,13-14H,1,3,7-8,18H2,(H,19,22). The van der Waals surface area contributed by atoms with Gasteiger partial charge >= 0.3 is 0 Å². The van der Waals surface area contributed by atoms with Crippen LogP contribution in [0.25, 0.3) is 10.9 Å². The van der Waals surface area contributed by atoms with E-state index in [1.807, 2.05) is 0 Å². The summed E-state index contributed by atoms with van der Waals surface area (Å²) in [7, 11) is 0. The fourth-order valence-corrected chi connectivity index (χ4v) is 4.18. The second-order valence-corrected chi connectivity index (χ2v) is 6.91. The Morgan fingerprint density at radius 3 is 2.80 bits per heavy atom. The van der Waals surface area contributed by atoms with Gasteiger partial charge in [0.2, 0.25) is 5.56 Å². The van der Waals surface area contributed by atoms with Gasteiger partial charge in [0.05, 0.1) is 10.5 Å². The summed E-state index contributed by atoms with van der Waals surface area (Å²) in [5.41, 5.74) is 6.22. The summed E-state index contributed by atoms with van der Waals surface area (Å²) < 4.78 is 0. The lowest BCUT2D eigenvalue weighted by molar-refractivity contribution is -0.384. The number of aromatic nitrogens is 1. The zero-order valence-corrected chi connectivity index (χ0v) is 13.5. The number of hydrogen-bond donors (Lipinski definition) is 2. The highest BCUT2D eigenvalue weighted by atomic mass is 16.6. The molecule has 0 bridgehead atoms. The van der Waals surface area contributed by atoms with Crippen molar-refractivity contribution in [2.75, 3.05) is 13.1 Å². The van der Waals surface area contributed by atoms with Gasteiger partial charge in [-0.25, -0.2) is 0 Å². The number of non-ortho nitro benzene ring substituents is 1. The Kier molecular flexibility index (Phi) is 3.57. The summed E-state index contributed by atoms with van der Waals surface area (Å²) in [4.78, 5) is 39.8. The predicted molar refractivity (Wildman–Crippen MR) is 91.3 cm³/mol. The minimum atomic E-state index is -0.516. The summed E-state index contributed by atoms with van der Waals surface area (Å²) in [6.07, 6.45) is 1.99. The number of nitrogens with two attached hydrogens (primary N) is 1. The van der Waals surface area contributed by atoms with Crippen molar-refractivity contribution in [2.45, 2.75) is 18.9 Å². The summed E-state index contributed by atoms with van der Waals surface area (Å²) in [6.45, 7) is 1.20. The van der Waals surface area contributed by atoms with Gasteiger partial charge in [0, 0.05) is 48.2 Å². The Hall–Kier alpha value is -2.74. The number of carbonyl (C=O) groups is 1. The Morgan fingerprint density at radius 2 is 2.08 bits per heavy atom. The van der Waals surface area contributed by atoms with Gasteiger partial charge in [-0.05, 0) is 30.7 Å². The van der Waals surface area contributed by atoms with Crippen LogP contribution < -0.4 is 11.3 Å². The van der Waals surface area contributed by atoms with E-state index in [0.29, 0.717) is 35.8 Å². The van der Waals surface area contributed by atoms with Gasteiger partial charge in [-0.2, -0.15) is 0 Å². The molecular formula is C17H18N4O4. The largest absolute Gasteiger partial charge is 0.338 e. The summed E-state index contributed by atoms with van der Waals surface area (Å²) in [5.74, 6) is 0.436. The van der Waals surface area contributed by atoms with E-state index in [1.165, 1.54) is 24.3 Å². The van der Waals surface area contributed by atoms with Crippen LogP contribution in [0.5, 0.6) is 0 Å². The molecule has 1 aliphatic carbocycles. The number of pyridine rings is 1. The Bertz CT molecular complexity index is 938. The molecule has 3 unspecified atom stereocenters. The van der Waals surface area contributed by atoms with Gasteiger partial charge in [0.25, 0.3) is 11.6 Å². The first-order valence-electron chi connectivity index (χ1n) is 8.30. The van der Waals surface area contributed by atoms with E-state index in [1.54, 1.807) is 4.90 Å². The normalized spacial score (nSPS) is 25.3. The maximum atomic E-state index is 13.0. The van der Waals surface area contributed by atoms with E-state index < -0.39 is 10.5 Å². The highest BCUT2D eigenvalue weighted by molar-refractivity contribution is 6.06. The van der Waals surface area contributed by atoms with Crippen LogP contribution in [-0.2, 0) is 0 Å². The van der Waals surface area contributed by atoms with Crippen LogP contribution in [-0.4, -0.2) is 39.8 Å². The van der Waals surface area contributed by atoms with Crippen molar-refractivity contribution in [3.8, 4) is 0 Å². The van der Waals surface area contributed by atoms with Gasteiger partial charge < -0.3 is 15.6 Å². The molecule has 1 amide bonds. The SMILES string of the molecule is NC1CCC2CN(C(=O)c3cc(=O)[nH]c4ccc([N+](=O)[O-])cc34)CC12. The molecule has 130 valence electrons. The van der Waals surface area contributed by atoms with E-state index >= 15 is 0 Å². The predicted octanol–water partition coefficient (Wildman–Crippen LogP) is 1.25. The quantitative estimate of drug-likeness (QED) is 0.628. The number of benzene rings is 1. The van der Waals surface area contributed by atoms with Crippen LogP contribution in [0.4, 0.5) is 5.69 Å². The molecule has 3 atom stereocenters. The second kappa shape index (κ2) is 5.66. The number of nitrogens with one attached hydrogen (secondary N) is 1. The molecule has 3 N–H and O–H groups in total. The molecule has 1 aromatic carbocycles. The van der Waals surface area contributed by atoms with Crippen LogP contribution in [0.15, 0.2) is 29.1 Å². The van der Waals surface area contributed by atoms with Crippen molar-refractivity contribution in [1.82, 2.24) is 9.88 Å². The molecule has 1 aromatic heterocycles. The number of nitro benzene ring substituents is 1. The van der Waals surface area contributed by atoms with Crippen molar-refractivity contribution in [1.29, 1.82) is 0 Å². The van der Waals surface area contributed by atoms with Crippen LogP contribution in [0.3, 0.4) is 0 Å². The molecule has 2 aromatic rings. The maximum Gasteiger partial charge on any atom is 0.270 e. The van der Waals surface area contributed by atoms with Crippen molar-refractivity contribution < 1.29 is 9.72 Å². The highest BCUT2D eigenvalue weighted by Gasteiger charge is 2.42. The van der Waals surface area contributed by atoms with Gasteiger partial charge in [-0.15, -0.1) is 0 Å². The van der Waals surface area contributed by atoms with Gasteiger partial charge in [-0.3, -0.25) is 19.7 Å². The second-order valence-electron chi connectivity index (χ2n) is 6.91. The zero-order chi connectivity index (χ0) is 17.7. The molecule has 1 saturated heterocycles. The molecule has 25 heavy (non-hydrogen) atoms. The number of nitrogens with zero attached hydrogens (tertiary/aromatic N) is 2. The van der Waals surface area contributed by atoms with Crippen molar-refractivity contribution in [3.05, 3.63) is 50.3 Å². The van der Waals surface area contributed by atoms with Gasteiger partial charge in [0.15, 0.2) is 0 Å². The smallest absolute Gasteiger partial charge is 0.270 e. The third-order valence-corrected chi connectivity index (χ3v) is 5.47. The van der Waals surface area contributed by atoms with E-state index in [-0.39, 0.29) is 23.2 Å². The van der Waals surface area contributed by atoms with Gasteiger partial charge in [-0.1, -0.05) is 0 Å². The number of rotatable bonds is 2. The topological polar surface area (TPSA) is 122 Å². The Labute approximate surface area is 142 Å². The first-order chi connectivity index (χ1) is 11.9. The van der Waals surface area contributed by atoms with Crippen LogP contribution in [0.1, 0.15) is 23.2 Å². The molecule has 0 radical (unpaired) electrons. The monoisotopic (exact) mass is 342 g/mol. The average molecular weight is 342 g/mol. The fourth-order valence-electron chi connectivity index (χ4n) is 4.18. The molecule has 2 aliphatic rings. The molecule has 2 heterocycles. The lowest BCUT2D eigenvalue weighted by atomic mass is 9.98. The van der Waals surface area contributed by atoms with Crippen molar-refractivity contribution >= 4 is 22.5 Å². The van der Waals surface area contributed by atoms with Gasteiger partial charge in [0.1, 0.15) is 0 Å². The highest BCUT2D eigenvalue weighted by Crippen LogP contribution is 2.38. The third-order valence-electron chi connectivity index (χ3n) is 5.47. The number of likely N-dealkylation sites (tertiary alicyclic amines) is 1. The third kappa shape index (κ3) is 2.58. The maximum absolute atomic E-state index is 13.0. The molecule has 8 nitrogen and oxygen atoms in total. The number of H-pyrrole nitrogens is 1. The number of hydrogen-bond acceptors (Lipinski definition) is 5. The molecule has 0 spiro atoms. The molecule has 1 saturated carbocycles. The Balaban J connectivity index is 1.75. The molecule has 4 rings (SSSR count). The van der Waals surface area contributed by atoms with E-state index in [4.69, 9.17) is 5.73 Å². The number of fused-ring (bicyclic) bond motifs is 2. The van der Waals surface area contributed by atoms with E-state index in [2.05, 4.69) is 4.98 Å². The fraction of sp³-hybridized carbons (Fsp3) is 0.412. The minimum absolute atomic E-state index is 0.111. The molecule has 8 heteroatoms. The Morgan fingerprint density at radius 1 is 1.28 bits per heavy atom. The van der Waals surface area contributed by atoms with Crippen LogP contribution in [0.2, 0.25) is 0 Å². The first-order valence-corrected chi connectivity index (χ1v) is 8.30. The first kappa shape index (κ1) is 15.8.